The van der Waals surface area contributed by atoms with Crippen LogP contribution in [0, 0.1) is 0 Å². The minimum absolute atomic E-state index is 1.04. The lowest BCUT2D eigenvalue weighted by atomic mass is 10.0. The number of benzene rings is 2. The molecule has 0 heterocycles. The van der Waals surface area contributed by atoms with Gasteiger partial charge in [0.2, 0.25) is 0 Å². The summed E-state index contributed by atoms with van der Waals surface area (Å²) in [5.74, 6) is 0. The normalized spacial score (nSPS) is 11.9. The fourth-order valence-corrected chi connectivity index (χ4v) is 3.37. The van der Waals surface area contributed by atoms with Crippen molar-refractivity contribution in [3.63, 3.8) is 0 Å². The predicted molar refractivity (Wildman–Crippen MR) is 116 cm³/mol. The first-order valence-corrected chi connectivity index (χ1v) is 9.98. The standard InChI is InChI=1S/C24H34N2/c1-7-19-13-11-14-20(8-2)23(19)25-17(5)18(6)26-24-21(9-3)15-12-16-22(24)10-4/h11-16,25-26H,7-10H2,1-6H3/b18-17-. The molecule has 2 aromatic carbocycles. The Balaban J connectivity index is 2.35. The summed E-state index contributed by atoms with van der Waals surface area (Å²) in [6.07, 6.45) is 4.15. The van der Waals surface area contributed by atoms with E-state index in [9.17, 15) is 0 Å². The molecule has 26 heavy (non-hydrogen) atoms. The van der Waals surface area contributed by atoms with Crippen molar-refractivity contribution in [3.05, 3.63) is 70.0 Å². The van der Waals surface area contributed by atoms with E-state index in [2.05, 4.69) is 88.6 Å². The van der Waals surface area contributed by atoms with Crippen LogP contribution in [0.25, 0.3) is 0 Å². The molecule has 0 saturated heterocycles. The highest BCUT2D eigenvalue weighted by Gasteiger charge is 2.10. The molecule has 0 unspecified atom stereocenters. The van der Waals surface area contributed by atoms with Gasteiger partial charge in [-0.1, -0.05) is 64.1 Å². The van der Waals surface area contributed by atoms with Crippen LogP contribution in [0.3, 0.4) is 0 Å². The monoisotopic (exact) mass is 350 g/mol. The number of nitrogens with one attached hydrogen (secondary N) is 2. The van der Waals surface area contributed by atoms with Crippen LogP contribution in [0.1, 0.15) is 63.8 Å². The van der Waals surface area contributed by atoms with Gasteiger partial charge >= 0.3 is 0 Å². The maximum atomic E-state index is 3.69. The van der Waals surface area contributed by atoms with E-state index in [1.165, 1.54) is 45.0 Å². The first-order chi connectivity index (χ1) is 12.5. The maximum absolute atomic E-state index is 3.69. The van der Waals surface area contributed by atoms with Gasteiger partial charge in [0, 0.05) is 22.8 Å². The van der Waals surface area contributed by atoms with Crippen molar-refractivity contribution in [3.8, 4) is 0 Å². The number of hydrogen-bond acceptors (Lipinski definition) is 2. The van der Waals surface area contributed by atoms with Crippen LogP contribution in [-0.4, -0.2) is 0 Å². The first-order valence-electron chi connectivity index (χ1n) is 9.98. The molecule has 2 nitrogen and oxygen atoms in total. The van der Waals surface area contributed by atoms with Gasteiger partial charge in [-0.25, -0.2) is 0 Å². The number of aryl methyl sites for hydroxylation is 4. The van der Waals surface area contributed by atoms with E-state index in [0.29, 0.717) is 0 Å². The highest BCUT2D eigenvalue weighted by atomic mass is 15.0. The van der Waals surface area contributed by atoms with Crippen molar-refractivity contribution in [2.24, 2.45) is 0 Å². The Hall–Kier alpha value is -2.22. The molecule has 0 atom stereocenters. The Morgan fingerprint density at radius 3 is 1.08 bits per heavy atom. The van der Waals surface area contributed by atoms with Gasteiger partial charge < -0.3 is 10.6 Å². The zero-order chi connectivity index (χ0) is 19.1. The Morgan fingerprint density at radius 1 is 0.577 bits per heavy atom. The lowest BCUT2D eigenvalue weighted by Crippen LogP contribution is -2.10. The second-order valence-corrected chi connectivity index (χ2v) is 6.82. The molecule has 0 aliphatic carbocycles. The average molecular weight is 351 g/mol. The lowest BCUT2D eigenvalue weighted by molar-refractivity contribution is 1.07. The molecule has 0 aromatic heterocycles. The topological polar surface area (TPSA) is 24.1 Å². The molecule has 2 aromatic rings. The summed E-state index contributed by atoms with van der Waals surface area (Å²) >= 11 is 0. The van der Waals surface area contributed by atoms with E-state index < -0.39 is 0 Å². The molecule has 140 valence electrons. The van der Waals surface area contributed by atoms with E-state index in [-0.39, 0.29) is 0 Å². The summed E-state index contributed by atoms with van der Waals surface area (Å²) in [6, 6.07) is 13.2. The predicted octanol–water partition coefficient (Wildman–Crippen LogP) is 6.71. The van der Waals surface area contributed by atoms with Gasteiger partial charge in [0.25, 0.3) is 0 Å². The van der Waals surface area contributed by atoms with Gasteiger partial charge in [0.1, 0.15) is 0 Å². The molecular formula is C24H34N2. The van der Waals surface area contributed by atoms with Crippen LogP contribution < -0.4 is 10.6 Å². The van der Waals surface area contributed by atoms with E-state index >= 15 is 0 Å². The van der Waals surface area contributed by atoms with Gasteiger partial charge in [0.05, 0.1) is 0 Å². The lowest BCUT2D eigenvalue weighted by Gasteiger charge is -2.20. The maximum Gasteiger partial charge on any atom is 0.0447 e. The van der Waals surface area contributed by atoms with Crippen molar-refractivity contribution in [2.75, 3.05) is 10.6 Å². The molecule has 0 spiro atoms. The van der Waals surface area contributed by atoms with Gasteiger partial charge in [-0.15, -0.1) is 0 Å². The van der Waals surface area contributed by atoms with E-state index in [4.69, 9.17) is 0 Å². The SMILES string of the molecule is CCc1cccc(CC)c1N/C(C)=C(/C)Nc1c(CC)cccc1CC. The molecule has 2 rings (SSSR count). The molecule has 0 radical (unpaired) electrons. The average Bonchev–Trinajstić information content (AvgIpc) is 2.67. The Labute approximate surface area is 159 Å². The number of anilines is 2. The van der Waals surface area contributed by atoms with Crippen LogP contribution in [0.5, 0.6) is 0 Å². The minimum Gasteiger partial charge on any atom is -0.357 e. The van der Waals surface area contributed by atoms with Crippen molar-refractivity contribution >= 4 is 11.4 Å². The largest absolute Gasteiger partial charge is 0.357 e. The first kappa shape index (κ1) is 20.1. The Kier molecular flexibility index (Phi) is 7.32. The third-order valence-corrected chi connectivity index (χ3v) is 5.19. The van der Waals surface area contributed by atoms with Crippen molar-refractivity contribution in [1.82, 2.24) is 0 Å². The second kappa shape index (κ2) is 9.47. The molecular weight excluding hydrogens is 316 g/mol. The quantitative estimate of drug-likeness (QED) is 0.552. The fraction of sp³-hybridized carbons (Fsp3) is 0.417. The summed E-state index contributed by atoms with van der Waals surface area (Å²) in [6.45, 7) is 13.2. The summed E-state index contributed by atoms with van der Waals surface area (Å²) in [5, 5.41) is 7.39. The smallest absolute Gasteiger partial charge is 0.0447 e. The molecule has 0 aliphatic rings. The molecule has 0 amide bonds. The number of hydrogen-bond donors (Lipinski definition) is 2. The third-order valence-electron chi connectivity index (χ3n) is 5.19. The van der Waals surface area contributed by atoms with Crippen molar-refractivity contribution < 1.29 is 0 Å². The van der Waals surface area contributed by atoms with Crippen LogP contribution in [-0.2, 0) is 25.7 Å². The highest BCUT2D eigenvalue weighted by Crippen LogP contribution is 2.27. The van der Waals surface area contributed by atoms with Crippen LogP contribution in [0.15, 0.2) is 47.8 Å². The van der Waals surface area contributed by atoms with Gasteiger partial charge in [-0.3, -0.25) is 0 Å². The molecule has 0 aliphatic heterocycles. The number of rotatable bonds is 8. The molecule has 2 heteroatoms. The number of allylic oxidation sites excluding steroid dienone is 2. The second-order valence-electron chi connectivity index (χ2n) is 6.82. The van der Waals surface area contributed by atoms with E-state index in [1.54, 1.807) is 0 Å². The van der Waals surface area contributed by atoms with E-state index in [1.807, 2.05) is 0 Å². The molecule has 2 N–H and O–H groups in total. The van der Waals surface area contributed by atoms with Crippen LogP contribution >= 0.6 is 0 Å². The summed E-state index contributed by atoms with van der Waals surface area (Å²) in [4.78, 5) is 0. The minimum atomic E-state index is 1.04. The highest BCUT2D eigenvalue weighted by molar-refractivity contribution is 5.64. The van der Waals surface area contributed by atoms with Crippen LogP contribution in [0.2, 0.25) is 0 Å². The van der Waals surface area contributed by atoms with Crippen LogP contribution in [0.4, 0.5) is 11.4 Å². The Morgan fingerprint density at radius 2 is 0.846 bits per heavy atom. The Bertz CT molecular complexity index is 662. The summed E-state index contributed by atoms with van der Waals surface area (Å²) < 4.78 is 0. The fourth-order valence-electron chi connectivity index (χ4n) is 3.37. The van der Waals surface area contributed by atoms with Crippen molar-refractivity contribution in [2.45, 2.75) is 67.2 Å². The van der Waals surface area contributed by atoms with Gasteiger partial charge in [0.15, 0.2) is 0 Å². The molecule has 0 bridgehead atoms. The molecule has 0 saturated carbocycles. The zero-order valence-corrected chi connectivity index (χ0v) is 17.3. The summed E-state index contributed by atoms with van der Waals surface area (Å²) in [5.41, 5.74) is 10.4. The van der Waals surface area contributed by atoms with Crippen molar-refractivity contribution in [1.29, 1.82) is 0 Å². The summed E-state index contributed by atoms with van der Waals surface area (Å²) in [7, 11) is 0. The number of para-hydroxylation sites is 2. The van der Waals surface area contributed by atoms with Gasteiger partial charge in [-0.05, 0) is 61.8 Å². The molecule has 0 fully saturated rings. The van der Waals surface area contributed by atoms with Gasteiger partial charge in [-0.2, -0.15) is 0 Å². The van der Waals surface area contributed by atoms with E-state index in [0.717, 1.165) is 25.7 Å². The zero-order valence-electron chi connectivity index (χ0n) is 17.3. The third kappa shape index (κ3) is 4.49.